The fourth-order valence-corrected chi connectivity index (χ4v) is 3.97. The van der Waals surface area contributed by atoms with Gasteiger partial charge in [-0.15, -0.1) is 0 Å². The zero-order chi connectivity index (χ0) is 21.4. The van der Waals surface area contributed by atoms with Crippen molar-refractivity contribution in [2.75, 3.05) is 0 Å². The van der Waals surface area contributed by atoms with Gasteiger partial charge in [-0.1, -0.05) is 99.0 Å². The number of benzene rings is 1. The lowest BCUT2D eigenvalue weighted by Gasteiger charge is -2.31. The molecule has 0 unspecified atom stereocenters. The Balaban J connectivity index is 3.21. The highest BCUT2D eigenvalue weighted by Crippen LogP contribution is 2.41. The second-order valence-corrected chi connectivity index (χ2v) is 9.61. The standard InChI is InChI=1S/C25H42O3/c1-7-9-11-13-15-24(3,4)19-17-20(23(27)28)22(26)21(18-19)25(5,6)16-14-12-10-8-2/h17-18,26H,7-16H2,1-6H3,(H,27,28). The van der Waals surface area contributed by atoms with Crippen molar-refractivity contribution in [3.8, 4) is 5.75 Å². The van der Waals surface area contributed by atoms with E-state index in [0.29, 0.717) is 0 Å². The van der Waals surface area contributed by atoms with Gasteiger partial charge in [0.2, 0.25) is 0 Å². The van der Waals surface area contributed by atoms with Crippen LogP contribution in [0.4, 0.5) is 0 Å². The average Bonchev–Trinajstić information content (AvgIpc) is 2.62. The fourth-order valence-electron chi connectivity index (χ4n) is 3.97. The first-order valence-corrected chi connectivity index (χ1v) is 11.2. The van der Waals surface area contributed by atoms with E-state index in [4.69, 9.17) is 0 Å². The van der Waals surface area contributed by atoms with Crippen molar-refractivity contribution in [1.29, 1.82) is 0 Å². The Labute approximate surface area is 172 Å². The maximum atomic E-state index is 11.8. The monoisotopic (exact) mass is 390 g/mol. The van der Waals surface area contributed by atoms with E-state index in [0.717, 1.165) is 36.8 Å². The van der Waals surface area contributed by atoms with Gasteiger partial charge in [-0.05, 0) is 35.3 Å². The van der Waals surface area contributed by atoms with Crippen molar-refractivity contribution in [2.24, 2.45) is 0 Å². The highest BCUT2D eigenvalue weighted by Gasteiger charge is 2.30. The molecule has 160 valence electrons. The first-order chi connectivity index (χ1) is 13.1. The molecule has 0 aliphatic heterocycles. The van der Waals surface area contributed by atoms with E-state index in [1.54, 1.807) is 6.07 Å². The molecule has 1 rings (SSSR count). The van der Waals surface area contributed by atoms with E-state index in [1.807, 2.05) is 0 Å². The van der Waals surface area contributed by atoms with E-state index in [-0.39, 0.29) is 22.1 Å². The molecule has 2 N–H and O–H groups in total. The second-order valence-electron chi connectivity index (χ2n) is 9.61. The van der Waals surface area contributed by atoms with E-state index in [2.05, 4.69) is 47.6 Å². The molecule has 0 saturated heterocycles. The van der Waals surface area contributed by atoms with Gasteiger partial charge in [0.1, 0.15) is 11.3 Å². The molecule has 0 amide bonds. The minimum Gasteiger partial charge on any atom is -0.507 e. The summed E-state index contributed by atoms with van der Waals surface area (Å²) in [6.45, 7) is 13.0. The number of carbonyl (C=O) groups is 1. The summed E-state index contributed by atoms with van der Waals surface area (Å²) in [5.74, 6) is -1.11. The molecule has 0 radical (unpaired) electrons. The van der Waals surface area contributed by atoms with Crippen LogP contribution in [0.15, 0.2) is 12.1 Å². The van der Waals surface area contributed by atoms with Crippen LogP contribution in [0.5, 0.6) is 5.75 Å². The van der Waals surface area contributed by atoms with E-state index < -0.39 is 5.97 Å². The molecule has 1 aromatic rings. The fraction of sp³-hybridized carbons (Fsp3) is 0.720. The lowest BCUT2D eigenvalue weighted by atomic mass is 9.73. The van der Waals surface area contributed by atoms with Crippen LogP contribution in [-0.4, -0.2) is 16.2 Å². The predicted octanol–water partition coefficient (Wildman–Crippen LogP) is 7.59. The molecular formula is C25H42O3. The number of rotatable bonds is 13. The molecule has 0 aliphatic carbocycles. The second kappa shape index (κ2) is 10.9. The van der Waals surface area contributed by atoms with Crippen LogP contribution in [0.3, 0.4) is 0 Å². The number of unbranched alkanes of at least 4 members (excludes halogenated alkanes) is 6. The van der Waals surface area contributed by atoms with Gasteiger partial charge in [0.15, 0.2) is 0 Å². The summed E-state index contributed by atoms with van der Waals surface area (Å²) in [5, 5.41) is 20.4. The summed E-state index contributed by atoms with van der Waals surface area (Å²) in [6, 6.07) is 3.76. The largest absolute Gasteiger partial charge is 0.507 e. The van der Waals surface area contributed by atoms with Crippen molar-refractivity contribution >= 4 is 5.97 Å². The Kier molecular flexibility index (Phi) is 9.53. The van der Waals surface area contributed by atoms with Crippen LogP contribution in [0.25, 0.3) is 0 Å². The summed E-state index contributed by atoms with van der Waals surface area (Å²) < 4.78 is 0. The molecule has 0 aromatic heterocycles. The Hall–Kier alpha value is -1.51. The van der Waals surface area contributed by atoms with Crippen molar-refractivity contribution in [3.63, 3.8) is 0 Å². The van der Waals surface area contributed by atoms with Crippen molar-refractivity contribution in [3.05, 3.63) is 28.8 Å². The highest BCUT2D eigenvalue weighted by molar-refractivity contribution is 5.91. The van der Waals surface area contributed by atoms with Gasteiger partial charge in [0.25, 0.3) is 0 Å². The minimum absolute atomic E-state index is 0.0377. The first-order valence-electron chi connectivity index (χ1n) is 11.2. The third-order valence-electron chi connectivity index (χ3n) is 6.16. The first kappa shape index (κ1) is 24.5. The van der Waals surface area contributed by atoms with E-state index in [1.165, 1.54) is 38.5 Å². The summed E-state index contributed by atoms with van der Waals surface area (Å²) in [5.41, 5.74) is 1.47. The topological polar surface area (TPSA) is 57.5 Å². The van der Waals surface area contributed by atoms with Crippen molar-refractivity contribution in [2.45, 2.75) is 117 Å². The third kappa shape index (κ3) is 6.83. The number of hydrogen-bond acceptors (Lipinski definition) is 2. The predicted molar refractivity (Wildman–Crippen MR) is 119 cm³/mol. The number of aromatic carboxylic acids is 1. The number of phenols is 1. The minimum atomic E-state index is -1.05. The highest BCUT2D eigenvalue weighted by atomic mass is 16.4. The number of carboxylic acids is 1. The normalized spacial score (nSPS) is 12.4. The van der Waals surface area contributed by atoms with Crippen LogP contribution in [0.1, 0.15) is 127 Å². The SMILES string of the molecule is CCCCCCC(C)(C)c1cc(C(=O)O)c(O)c(C(C)(C)CCCCCC)c1. The quantitative estimate of drug-likeness (QED) is 0.341. The maximum absolute atomic E-state index is 11.8. The lowest BCUT2D eigenvalue weighted by Crippen LogP contribution is -2.23. The Morgan fingerprint density at radius 3 is 1.79 bits per heavy atom. The molecule has 0 fully saturated rings. The van der Waals surface area contributed by atoms with E-state index >= 15 is 0 Å². The number of aromatic hydroxyl groups is 1. The van der Waals surface area contributed by atoms with Gasteiger partial charge in [0.05, 0.1) is 0 Å². The third-order valence-corrected chi connectivity index (χ3v) is 6.16. The maximum Gasteiger partial charge on any atom is 0.339 e. The summed E-state index contributed by atoms with van der Waals surface area (Å²) in [6.07, 6.45) is 11.4. The molecule has 0 bridgehead atoms. The summed E-state index contributed by atoms with van der Waals surface area (Å²) >= 11 is 0. The molecule has 0 aliphatic rings. The Morgan fingerprint density at radius 2 is 1.32 bits per heavy atom. The molecule has 3 nitrogen and oxygen atoms in total. The van der Waals surface area contributed by atoms with Crippen LogP contribution in [0.2, 0.25) is 0 Å². The van der Waals surface area contributed by atoms with Gasteiger partial charge in [-0.3, -0.25) is 0 Å². The molecule has 0 spiro atoms. The average molecular weight is 391 g/mol. The molecular weight excluding hydrogens is 348 g/mol. The summed E-state index contributed by atoms with van der Waals surface area (Å²) in [4.78, 5) is 11.8. The number of hydrogen-bond donors (Lipinski definition) is 2. The smallest absolute Gasteiger partial charge is 0.339 e. The van der Waals surface area contributed by atoms with Gasteiger partial charge >= 0.3 is 5.97 Å². The number of carboxylic acid groups (broad SMARTS) is 1. The van der Waals surface area contributed by atoms with Crippen molar-refractivity contribution in [1.82, 2.24) is 0 Å². The van der Waals surface area contributed by atoms with Crippen LogP contribution in [-0.2, 0) is 10.8 Å². The zero-order valence-electron chi connectivity index (χ0n) is 19.0. The van der Waals surface area contributed by atoms with Gasteiger partial charge < -0.3 is 10.2 Å². The van der Waals surface area contributed by atoms with Crippen LogP contribution >= 0.6 is 0 Å². The molecule has 0 atom stereocenters. The van der Waals surface area contributed by atoms with Crippen LogP contribution in [0, 0.1) is 0 Å². The summed E-state index contributed by atoms with van der Waals surface area (Å²) in [7, 11) is 0. The molecule has 28 heavy (non-hydrogen) atoms. The van der Waals surface area contributed by atoms with Gasteiger partial charge in [0, 0.05) is 5.56 Å². The van der Waals surface area contributed by atoms with Gasteiger partial charge in [-0.2, -0.15) is 0 Å². The Bertz CT molecular complexity index is 629. The molecule has 0 heterocycles. The zero-order valence-corrected chi connectivity index (χ0v) is 19.0. The van der Waals surface area contributed by atoms with Crippen molar-refractivity contribution < 1.29 is 15.0 Å². The van der Waals surface area contributed by atoms with Gasteiger partial charge in [-0.25, -0.2) is 4.79 Å². The molecule has 0 saturated carbocycles. The lowest BCUT2D eigenvalue weighted by molar-refractivity contribution is 0.0693. The molecule has 1 aromatic carbocycles. The van der Waals surface area contributed by atoms with Crippen LogP contribution < -0.4 is 0 Å². The Morgan fingerprint density at radius 1 is 0.821 bits per heavy atom. The van der Waals surface area contributed by atoms with E-state index in [9.17, 15) is 15.0 Å². The molecule has 3 heteroatoms.